The van der Waals surface area contributed by atoms with E-state index in [0.717, 1.165) is 0 Å². The first-order chi connectivity index (χ1) is 7.38. The van der Waals surface area contributed by atoms with Crippen molar-refractivity contribution in [2.45, 2.75) is 38.0 Å². The predicted molar refractivity (Wildman–Crippen MR) is 68.3 cm³/mol. The Bertz CT molecular complexity index is 333. The molecule has 3 heteroatoms. The minimum absolute atomic E-state index is 0.135. The van der Waals surface area contributed by atoms with Crippen LogP contribution in [-0.2, 0) is 6.42 Å². The van der Waals surface area contributed by atoms with Gasteiger partial charge in [0.05, 0.1) is 6.10 Å². The smallest absolute Gasteiger partial charge is 0.126 e. The second-order valence-electron chi connectivity index (χ2n) is 4.87. The normalized spacial score (nSPS) is 13.8. The van der Waals surface area contributed by atoms with Crippen molar-refractivity contribution in [2.75, 3.05) is 5.75 Å². The highest BCUT2D eigenvalue weighted by atomic mass is 32.2. The van der Waals surface area contributed by atoms with Gasteiger partial charge in [0.2, 0.25) is 0 Å². The summed E-state index contributed by atoms with van der Waals surface area (Å²) in [5.74, 6) is 0.403. The van der Waals surface area contributed by atoms with E-state index in [1.807, 2.05) is 0 Å². The maximum absolute atomic E-state index is 13.3. The number of aliphatic hydroxyl groups is 1. The van der Waals surface area contributed by atoms with Gasteiger partial charge in [0.1, 0.15) is 5.82 Å². The van der Waals surface area contributed by atoms with E-state index < -0.39 is 6.10 Å². The lowest BCUT2D eigenvalue weighted by molar-refractivity contribution is 0.198. The highest BCUT2D eigenvalue weighted by molar-refractivity contribution is 8.00. The molecule has 0 bridgehead atoms. The molecular weight excluding hydrogens is 223 g/mol. The third-order valence-corrected chi connectivity index (χ3v) is 3.54. The Hall–Kier alpha value is -0.540. The molecule has 0 saturated carbocycles. The maximum atomic E-state index is 13.3. The molecule has 1 N–H and O–H groups in total. The number of hydrogen-bond donors (Lipinski definition) is 1. The molecule has 1 aromatic rings. The Morgan fingerprint density at radius 1 is 1.31 bits per heavy atom. The molecule has 1 atom stereocenters. The van der Waals surface area contributed by atoms with Crippen molar-refractivity contribution in [1.82, 2.24) is 0 Å². The molecule has 1 rings (SSSR count). The van der Waals surface area contributed by atoms with E-state index in [-0.39, 0.29) is 10.6 Å². The third kappa shape index (κ3) is 4.99. The zero-order valence-electron chi connectivity index (χ0n) is 10.0. The summed E-state index contributed by atoms with van der Waals surface area (Å²) in [4.78, 5) is 0. The van der Waals surface area contributed by atoms with Gasteiger partial charge in [0.25, 0.3) is 0 Å². The molecule has 0 heterocycles. The van der Waals surface area contributed by atoms with Crippen LogP contribution in [0.4, 0.5) is 4.39 Å². The molecule has 0 aromatic heterocycles. The van der Waals surface area contributed by atoms with E-state index in [9.17, 15) is 9.50 Å². The average molecular weight is 242 g/mol. The summed E-state index contributed by atoms with van der Waals surface area (Å²) in [5.41, 5.74) is 0.588. The molecule has 0 saturated heterocycles. The number of thioether (sulfide) groups is 1. The van der Waals surface area contributed by atoms with E-state index >= 15 is 0 Å². The fraction of sp³-hybridized carbons (Fsp3) is 0.538. The first-order valence-electron chi connectivity index (χ1n) is 5.44. The fourth-order valence-electron chi connectivity index (χ4n) is 1.32. The van der Waals surface area contributed by atoms with Gasteiger partial charge in [-0.2, -0.15) is 11.8 Å². The lowest BCUT2D eigenvalue weighted by Crippen LogP contribution is -2.19. The molecule has 0 spiro atoms. The predicted octanol–water partition coefficient (Wildman–Crippen LogP) is 3.26. The van der Waals surface area contributed by atoms with Crippen LogP contribution in [0.3, 0.4) is 0 Å². The molecule has 1 nitrogen and oxygen atoms in total. The van der Waals surface area contributed by atoms with Crippen LogP contribution in [0.2, 0.25) is 0 Å². The Morgan fingerprint density at radius 2 is 1.94 bits per heavy atom. The lowest BCUT2D eigenvalue weighted by Gasteiger charge is -2.20. The molecule has 0 aliphatic carbocycles. The lowest BCUT2D eigenvalue weighted by atomic mass is 10.1. The quantitative estimate of drug-likeness (QED) is 0.874. The maximum Gasteiger partial charge on any atom is 0.126 e. The minimum atomic E-state index is -0.485. The zero-order chi connectivity index (χ0) is 12.2. The summed E-state index contributed by atoms with van der Waals surface area (Å²) in [6.07, 6.45) is -0.100. The van der Waals surface area contributed by atoms with Crippen LogP contribution >= 0.6 is 11.8 Å². The van der Waals surface area contributed by atoms with Crippen LogP contribution in [-0.4, -0.2) is 21.7 Å². The Labute approximate surface area is 101 Å². The summed E-state index contributed by atoms with van der Waals surface area (Å²) in [7, 11) is 0. The van der Waals surface area contributed by atoms with Crippen molar-refractivity contribution >= 4 is 11.8 Å². The fourth-order valence-corrected chi connectivity index (χ4v) is 2.13. The molecule has 1 unspecified atom stereocenters. The van der Waals surface area contributed by atoms with E-state index in [0.29, 0.717) is 17.7 Å². The molecule has 0 fully saturated rings. The summed E-state index contributed by atoms with van der Waals surface area (Å²) >= 11 is 1.69. The van der Waals surface area contributed by atoms with Crippen LogP contribution in [0, 0.1) is 5.82 Å². The van der Waals surface area contributed by atoms with E-state index in [2.05, 4.69) is 20.8 Å². The summed E-state index contributed by atoms with van der Waals surface area (Å²) < 4.78 is 13.4. The highest BCUT2D eigenvalue weighted by Crippen LogP contribution is 2.24. The second-order valence-corrected chi connectivity index (χ2v) is 6.72. The topological polar surface area (TPSA) is 20.2 Å². The van der Waals surface area contributed by atoms with E-state index in [1.165, 1.54) is 6.07 Å². The highest BCUT2D eigenvalue weighted by Gasteiger charge is 2.15. The van der Waals surface area contributed by atoms with Gasteiger partial charge in [-0.25, -0.2) is 4.39 Å². The Balaban J connectivity index is 2.46. The van der Waals surface area contributed by atoms with Gasteiger partial charge < -0.3 is 5.11 Å². The van der Waals surface area contributed by atoms with Gasteiger partial charge >= 0.3 is 0 Å². The molecule has 0 aliphatic rings. The number of benzene rings is 1. The number of halogens is 1. The van der Waals surface area contributed by atoms with Crippen molar-refractivity contribution in [3.63, 3.8) is 0 Å². The first-order valence-corrected chi connectivity index (χ1v) is 6.42. The molecule has 0 aliphatic heterocycles. The Morgan fingerprint density at radius 3 is 2.50 bits per heavy atom. The van der Waals surface area contributed by atoms with E-state index in [4.69, 9.17) is 0 Å². The number of rotatable bonds is 4. The summed E-state index contributed by atoms with van der Waals surface area (Å²) in [6.45, 7) is 6.31. The molecule has 90 valence electrons. The molecule has 0 radical (unpaired) electrons. The third-order valence-electron chi connectivity index (χ3n) is 2.12. The van der Waals surface area contributed by atoms with Crippen LogP contribution in [0.5, 0.6) is 0 Å². The van der Waals surface area contributed by atoms with Crippen LogP contribution < -0.4 is 0 Å². The molecule has 1 aromatic carbocycles. The number of aliphatic hydroxyl groups excluding tert-OH is 1. The largest absolute Gasteiger partial charge is 0.392 e. The SMILES string of the molecule is CC(C)(C)SCC(O)Cc1ccccc1F. The molecular formula is C13H19FOS. The van der Waals surface area contributed by atoms with Gasteiger partial charge in [0, 0.05) is 16.9 Å². The monoisotopic (exact) mass is 242 g/mol. The summed E-state index contributed by atoms with van der Waals surface area (Å²) in [6, 6.07) is 6.61. The average Bonchev–Trinajstić information content (AvgIpc) is 2.18. The van der Waals surface area contributed by atoms with Crippen molar-refractivity contribution in [2.24, 2.45) is 0 Å². The number of hydrogen-bond acceptors (Lipinski definition) is 2. The van der Waals surface area contributed by atoms with Crippen molar-refractivity contribution in [3.8, 4) is 0 Å². The van der Waals surface area contributed by atoms with Crippen molar-refractivity contribution < 1.29 is 9.50 Å². The van der Waals surface area contributed by atoms with Crippen molar-refractivity contribution in [3.05, 3.63) is 35.6 Å². The van der Waals surface area contributed by atoms with Gasteiger partial charge in [-0.05, 0) is 11.6 Å². The van der Waals surface area contributed by atoms with Gasteiger partial charge in [-0.1, -0.05) is 39.0 Å². The summed E-state index contributed by atoms with van der Waals surface area (Å²) in [5, 5.41) is 9.80. The van der Waals surface area contributed by atoms with Crippen LogP contribution in [0.1, 0.15) is 26.3 Å². The van der Waals surface area contributed by atoms with Crippen LogP contribution in [0.15, 0.2) is 24.3 Å². The molecule has 16 heavy (non-hydrogen) atoms. The van der Waals surface area contributed by atoms with Gasteiger partial charge in [-0.3, -0.25) is 0 Å². The zero-order valence-corrected chi connectivity index (χ0v) is 10.9. The van der Waals surface area contributed by atoms with Crippen molar-refractivity contribution in [1.29, 1.82) is 0 Å². The minimum Gasteiger partial charge on any atom is -0.392 e. The van der Waals surface area contributed by atoms with Crippen LogP contribution in [0.25, 0.3) is 0 Å². The second kappa shape index (κ2) is 5.69. The molecule has 0 amide bonds. The van der Waals surface area contributed by atoms with Gasteiger partial charge in [-0.15, -0.1) is 0 Å². The van der Waals surface area contributed by atoms with E-state index in [1.54, 1.807) is 30.0 Å². The first kappa shape index (κ1) is 13.5. The standard InChI is InChI=1S/C13H19FOS/c1-13(2,3)16-9-11(15)8-10-6-4-5-7-12(10)14/h4-7,11,15H,8-9H2,1-3H3. The van der Waals surface area contributed by atoms with Gasteiger partial charge in [0.15, 0.2) is 0 Å². The Kier molecular flexibility index (Phi) is 4.81.